The van der Waals surface area contributed by atoms with Gasteiger partial charge < -0.3 is 20.7 Å². The smallest absolute Gasteiger partial charge is 0.251 e. The van der Waals surface area contributed by atoms with Crippen molar-refractivity contribution in [2.24, 2.45) is 4.99 Å². The Kier molecular flexibility index (Phi) is 7.99. The molecule has 6 nitrogen and oxygen atoms in total. The molecule has 6 heteroatoms. The maximum atomic E-state index is 11.9. The number of rotatable bonds is 8. The first-order chi connectivity index (χ1) is 12.7. The lowest BCUT2D eigenvalue weighted by Gasteiger charge is -2.12. The largest absolute Gasteiger partial charge is 0.497 e. The van der Waals surface area contributed by atoms with Crippen LogP contribution in [-0.4, -0.2) is 45.7 Å². The van der Waals surface area contributed by atoms with Gasteiger partial charge in [-0.05, 0) is 36.2 Å². The number of hydrogen-bond acceptors (Lipinski definition) is 3. The molecule has 0 atom stereocenters. The molecule has 0 saturated heterocycles. The van der Waals surface area contributed by atoms with E-state index in [9.17, 15) is 4.79 Å². The fourth-order valence-electron chi connectivity index (χ4n) is 2.39. The summed E-state index contributed by atoms with van der Waals surface area (Å²) in [6.07, 6.45) is 0.884. The fraction of sp³-hybridized carbons (Fsp3) is 0.300. The lowest BCUT2D eigenvalue weighted by molar-refractivity contribution is 0.0954. The molecule has 2 rings (SSSR count). The molecule has 0 bridgehead atoms. The Labute approximate surface area is 154 Å². The summed E-state index contributed by atoms with van der Waals surface area (Å²) in [6, 6.07) is 17.2. The van der Waals surface area contributed by atoms with Crippen LogP contribution >= 0.6 is 0 Å². The summed E-state index contributed by atoms with van der Waals surface area (Å²) in [7, 11) is 3.39. The maximum Gasteiger partial charge on any atom is 0.251 e. The number of nitrogens with one attached hydrogen (secondary N) is 3. The van der Waals surface area contributed by atoms with Gasteiger partial charge >= 0.3 is 0 Å². The molecule has 0 unspecified atom stereocenters. The van der Waals surface area contributed by atoms with E-state index in [4.69, 9.17) is 4.74 Å². The van der Waals surface area contributed by atoms with Crippen molar-refractivity contribution in [3.05, 3.63) is 65.7 Å². The molecule has 3 N–H and O–H groups in total. The lowest BCUT2D eigenvalue weighted by Crippen LogP contribution is -2.42. The average Bonchev–Trinajstić information content (AvgIpc) is 2.70. The van der Waals surface area contributed by atoms with E-state index >= 15 is 0 Å². The van der Waals surface area contributed by atoms with Crippen LogP contribution < -0.4 is 20.7 Å². The van der Waals surface area contributed by atoms with Crippen LogP contribution in [0.3, 0.4) is 0 Å². The Bertz CT molecular complexity index is 700. The van der Waals surface area contributed by atoms with E-state index in [1.54, 1.807) is 26.3 Å². The second kappa shape index (κ2) is 10.8. The number of methoxy groups -OCH3 is 1. The fourth-order valence-corrected chi connectivity index (χ4v) is 2.39. The first-order valence-electron chi connectivity index (χ1n) is 8.63. The number of ether oxygens (including phenoxy) is 1. The van der Waals surface area contributed by atoms with Gasteiger partial charge in [-0.1, -0.05) is 30.3 Å². The second-order valence-electron chi connectivity index (χ2n) is 5.65. The molecule has 0 aliphatic heterocycles. The van der Waals surface area contributed by atoms with Crippen molar-refractivity contribution in [3.63, 3.8) is 0 Å². The molecule has 0 aromatic heterocycles. The van der Waals surface area contributed by atoms with E-state index in [1.807, 2.05) is 30.3 Å². The lowest BCUT2D eigenvalue weighted by atomic mass is 10.1. The van der Waals surface area contributed by atoms with Gasteiger partial charge in [0, 0.05) is 32.2 Å². The normalized spacial score (nSPS) is 10.9. The highest BCUT2D eigenvalue weighted by molar-refractivity contribution is 5.94. The van der Waals surface area contributed by atoms with Gasteiger partial charge in [-0.3, -0.25) is 9.79 Å². The Morgan fingerprint density at radius 3 is 2.23 bits per heavy atom. The van der Waals surface area contributed by atoms with E-state index in [1.165, 1.54) is 5.56 Å². The summed E-state index contributed by atoms with van der Waals surface area (Å²) in [5, 5.41) is 9.32. The van der Waals surface area contributed by atoms with Crippen LogP contribution in [0, 0.1) is 0 Å². The molecule has 0 aliphatic carbocycles. The highest BCUT2D eigenvalue weighted by Gasteiger charge is 2.03. The molecule has 138 valence electrons. The van der Waals surface area contributed by atoms with Gasteiger partial charge in [-0.15, -0.1) is 0 Å². The topological polar surface area (TPSA) is 74.8 Å². The van der Waals surface area contributed by atoms with Crippen LogP contribution in [0.25, 0.3) is 0 Å². The summed E-state index contributed by atoms with van der Waals surface area (Å²) in [4.78, 5) is 16.1. The van der Waals surface area contributed by atoms with Crippen molar-refractivity contribution < 1.29 is 9.53 Å². The molecule has 0 heterocycles. The van der Waals surface area contributed by atoms with Gasteiger partial charge in [0.2, 0.25) is 0 Å². The van der Waals surface area contributed by atoms with Gasteiger partial charge in [0.05, 0.1) is 7.11 Å². The van der Waals surface area contributed by atoms with Crippen LogP contribution in [0.5, 0.6) is 5.75 Å². The monoisotopic (exact) mass is 354 g/mol. The summed E-state index contributed by atoms with van der Waals surface area (Å²) < 4.78 is 5.15. The third-order valence-corrected chi connectivity index (χ3v) is 3.83. The second-order valence-corrected chi connectivity index (χ2v) is 5.65. The number of nitrogens with zero attached hydrogens (tertiary/aromatic N) is 1. The van der Waals surface area contributed by atoms with Gasteiger partial charge in [-0.2, -0.15) is 0 Å². The van der Waals surface area contributed by atoms with Crippen molar-refractivity contribution in [3.8, 4) is 5.75 Å². The maximum absolute atomic E-state index is 11.9. The zero-order valence-corrected chi connectivity index (χ0v) is 15.3. The highest BCUT2D eigenvalue weighted by atomic mass is 16.5. The van der Waals surface area contributed by atoms with Gasteiger partial charge in [0.1, 0.15) is 5.75 Å². The minimum Gasteiger partial charge on any atom is -0.497 e. The molecular formula is C20H26N4O2. The first kappa shape index (κ1) is 19.3. The molecule has 2 aromatic carbocycles. The third-order valence-electron chi connectivity index (χ3n) is 3.83. The van der Waals surface area contributed by atoms with Crippen molar-refractivity contribution >= 4 is 11.9 Å². The van der Waals surface area contributed by atoms with Crippen LogP contribution in [0.15, 0.2) is 59.6 Å². The SMILES string of the molecule is CN=C(NCCNC(=O)c1ccccc1)NCCc1ccc(OC)cc1. The van der Waals surface area contributed by atoms with E-state index in [2.05, 4.69) is 33.1 Å². The summed E-state index contributed by atoms with van der Waals surface area (Å²) >= 11 is 0. The summed E-state index contributed by atoms with van der Waals surface area (Å²) in [6.45, 7) is 1.88. The van der Waals surface area contributed by atoms with Gasteiger partial charge in [0.15, 0.2) is 5.96 Å². The average molecular weight is 354 g/mol. The number of hydrogen-bond donors (Lipinski definition) is 3. The third kappa shape index (κ3) is 6.47. The van der Waals surface area contributed by atoms with Crippen molar-refractivity contribution in [2.75, 3.05) is 33.8 Å². The zero-order valence-electron chi connectivity index (χ0n) is 15.3. The molecule has 0 fully saturated rings. The minimum atomic E-state index is -0.0742. The Hall–Kier alpha value is -3.02. The minimum absolute atomic E-state index is 0.0742. The van der Waals surface area contributed by atoms with Crippen molar-refractivity contribution in [2.45, 2.75) is 6.42 Å². The number of amides is 1. The van der Waals surface area contributed by atoms with Crippen LogP contribution in [0.1, 0.15) is 15.9 Å². The first-order valence-corrected chi connectivity index (χ1v) is 8.63. The molecular weight excluding hydrogens is 328 g/mol. The van der Waals surface area contributed by atoms with E-state index in [0.717, 1.165) is 18.7 Å². The van der Waals surface area contributed by atoms with Gasteiger partial charge in [0.25, 0.3) is 5.91 Å². The summed E-state index contributed by atoms with van der Waals surface area (Å²) in [5.41, 5.74) is 1.89. The highest BCUT2D eigenvalue weighted by Crippen LogP contribution is 2.11. The molecule has 26 heavy (non-hydrogen) atoms. The molecule has 0 radical (unpaired) electrons. The predicted molar refractivity (Wildman–Crippen MR) is 105 cm³/mol. The predicted octanol–water partition coefficient (Wildman–Crippen LogP) is 1.83. The molecule has 0 saturated carbocycles. The van der Waals surface area contributed by atoms with E-state index in [0.29, 0.717) is 24.6 Å². The van der Waals surface area contributed by atoms with Gasteiger partial charge in [-0.25, -0.2) is 0 Å². The Balaban J connectivity index is 1.63. The van der Waals surface area contributed by atoms with E-state index < -0.39 is 0 Å². The number of aliphatic imine (C=N–C) groups is 1. The van der Waals surface area contributed by atoms with Crippen molar-refractivity contribution in [1.82, 2.24) is 16.0 Å². The van der Waals surface area contributed by atoms with Crippen LogP contribution in [-0.2, 0) is 6.42 Å². The Morgan fingerprint density at radius 2 is 1.58 bits per heavy atom. The molecule has 0 aliphatic rings. The van der Waals surface area contributed by atoms with Crippen LogP contribution in [0.2, 0.25) is 0 Å². The number of benzene rings is 2. The summed E-state index contributed by atoms with van der Waals surface area (Å²) in [5.74, 6) is 1.50. The molecule has 1 amide bonds. The number of guanidine groups is 1. The van der Waals surface area contributed by atoms with Crippen molar-refractivity contribution in [1.29, 1.82) is 0 Å². The number of carbonyl (C=O) groups is 1. The molecule has 0 spiro atoms. The van der Waals surface area contributed by atoms with Crippen LogP contribution in [0.4, 0.5) is 0 Å². The Morgan fingerprint density at radius 1 is 0.923 bits per heavy atom. The standard InChI is InChI=1S/C20H26N4O2/c1-21-20(23-13-12-16-8-10-18(26-2)11-9-16)24-15-14-22-19(25)17-6-4-3-5-7-17/h3-11H,12-15H2,1-2H3,(H,22,25)(H2,21,23,24). The molecule has 2 aromatic rings. The number of carbonyl (C=O) groups excluding carboxylic acids is 1. The zero-order chi connectivity index (χ0) is 18.6. The quantitative estimate of drug-likeness (QED) is 0.384. The van der Waals surface area contributed by atoms with E-state index in [-0.39, 0.29) is 5.91 Å².